The van der Waals surface area contributed by atoms with Crippen LogP contribution in [0, 0.1) is 5.92 Å². The summed E-state index contributed by atoms with van der Waals surface area (Å²) in [6.07, 6.45) is 1.19. The van der Waals surface area contributed by atoms with Gasteiger partial charge >= 0.3 is 21.6 Å². The zero-order chi connectivity index (χ0) is 17.3. The fourth-order valence-electron chi connectivity index (χ4n) is 2.31. The number of benzene rings is 1. The van der Waals surface area contributed by atoms with E-state index in [1.165, 1.54) is 12.1 Å². The van der Waals surface area contributed by atoms with Crippen molar-refractivity contribution in [1.29, 1.82) is 0 Å². The van der Waals surface area contributed by atoms with Crippen molar-refractivity contribution in [3.8, 4) is 5.75 Å². The van der Waals surface area contributed by atoms with Gasteiger partial charge in [-0.3, -0.25) is 4.79 Å². The molecule has 0 spiro atoms. The van der Waals surface area contributed by atoms with Gasteiger partial charge in [-0.2, -0.15) is 21.6 Å². The Morgan fingerprint density at radius 3 is 2.26 bits per heavy atom. The second-order valence-corrected chi connectivity index (χ2v) is 6.71. The molecule has 0 unspecified atom stereocenters. The van der Waals surface area contributed by atoms with Gasteiger partial charge in [0.15, 0.2) is 0 Å². The average Bonchev–Trinajstić information content (AvgIpc) is 2.37. The third-order valence-electron chi connectivity index (χ3n) is 3.60. The number of carbonyl (C=O) groups is 1. The van der Waals surface area contributed by atoms with Crippen LogP contribution in [-0.2, 0) is 19.6 Å². The second-order valence-electron chi connectivity index (χ2n) is 5.17. The molecule has 9 heteroatoms. The van der Waals surface area contributed by atoms with E-state index in [4.69, 9.17) is 4.74 Å². The van der Waals surface area contributed by atoms with E-state index in [0.29, 0.717) is 19.4 Å². The molecule has 0 heterocycles. The number of hydrogen-bond donors (Lipinski definition) is 0. The maximum atomic E-state index is 12.2. The molecule has 0 bridgehead atoms. The minimum Gasteiger partial charge on any atom is -0.466 e. The molecule has 1 aromatic carbocycles. The number of halogens is 3. The molecule has 1 saturated carbocycles. The fraction of sp³-hybridized carbons (Fsp3) is 0.500. The van der Waals surface area contributed by atoms with E-state index in [1.807, 2.05) is 0 Å². The Morgan fingerprint density at radius 2 is 1.78 bits per heavy atom. The van der Waals surface area contributed by atoms with Crippen LogP contribution in [0.5, 0.6) is 5.75 Å². The molecule has 128 valence electrons. The van der Waals surface area contributed by atoms with E-state index < -0.39 is 21.4 Å². The molecular weight excluding hydrogens is 337 g/mol. The third-order valence-corrected chi connectivity index (χ3v) is 4.58. The first-order valence-corrected chi connectivity index (χ1v) is 8.32. The van der Waals surface area contributed by atoms with Gasteiger partial charge in [0.25, 0.3) is 0 Å². The quantitative estimate of drug-likeness (QED) is 0.463. The molecule has 0 amide bonds. The van der Waals surface area contributed by atoms with Crippen LogP contribution in [0.2, 0.25) is 0 Å². The molecule has 0 N–H and O–H groups in total. The van der Waals surface area contributed by atoms with Gasteiger partial charge in [-0.15, -0.1) is 0 Å². The van der Waals surface area contributed by atoms with Crippen LogP contribution in [0.4, 0.5) is 13.2 Å². The highest BCUT2D eigenvalue weighted by Gasteiger charge is 2.48. The first-order chi connectivity index (χ1) is 10.6. The van der Waals surface area contributed by atoms with Gasteiger partial charge in [0.2, 0.25) is 0 Å². The summed E-state index contributed by atoms with van der Waals surface area (Å²) in [7, 11) is -5.66. The number of esters is 1. The maximum absolute atomic E-state index is 12.2. The Hall–Kier alpha value is -1.77. The van der Waals surface area contributed by atoms with E-state index in [9.17, 15) is 26.4 Å². The summed E-state index contributed by atoms with van der Waals surface area (Å²) in [5.74, 6) is -0.730. The summed E-state index contributed by atoms with van der Waals surface area (Å²) >= 11 is 0. The lowest BCUT2D eigenvalue weighted by atomic mass is 9.71. The van der Waals surface area contributed by atoms with Gasteiger partial charge in [-0.05, 0) is 43.4 Å². The second kappa shape index (κ2) is 6.38. The van der Waals surface area contributed by atoms with E-state index in [-0.39, 0.29) is 17.8 Å². The summed E-state index contributed by atoms with van der Waals surface area (Å²) in [6.45, 7) is 2.04. The third kappa shape index (κ3) is 3.95. The molecular formula is C14H15F3O5S. The molecule has 23 heavy (non-hydrogen) atoms. The molecule has 0 aliphatic heterocycles. The van der Waals surface area contributed by atoms with E-state index >= 15 is 0 Å². The standard InChI is InChI=1S/C14H15F3O5S/c1-2-21-13(18)11-7-10(8-11)9-3-5-12(6-4-9)22-23(19,20)14(15,16)17/h3-6,10-11H,2,7-8H2,1H3/t10-,11+. The van der Waals surface area contributed by atoms with Crippen molar-refractivity contribution in [2.24, 2.45) is 5.92 Å². The summed E-state index contributed by atoms with van der Waals surface area (Å²) in [6, 6.07) is 5.31. The first-order valence-electron chi connectivity index (χ1n) is 6.91. The molecule has 0 saturated heterocycles. The molecule has 1 aliphatic rings. The zero-order valence-corrected chi connectivity index (χ0v) is 13.0. The summed E-state index contributed by atoms with van der Waals surface area (Å²) in [5, 5.41) is 0. The van der Waals surface area contributed by atoms with Gasteiger partial charge in [-0.1, -0.05) is 12.1 Å². The highest BCUT2D eigenvalue weighted by Crippen LogP contribution is 2.42. The zero-order valence-electron chi connectivity index (χ0n) is 12.2. The predicted octanol–water partition coefficient (Wildman–Crippen LogP) is 2.97. The molecule has 0 aromatic heterocycles. The van der Waals surface area contributed by atoms with Crippen LogP contribution in [0.1, 0.15) is 31.2 Å². The van der Waals surface area contributed by atoms with Crippen LogP contribution >= 0.6 is 0 Å². The molecule has 1 fully saturated rings. The summed E-state index contributed by atoms with van der Waals surface area (Å²) in [5.41, 5.74) is -4.66. The fourth-order valence-corrected chi connectivity index (χ4v) is 2.77. The van der Waals surface area contributed by atoms with E-state index in [1.54, 1.807) is 6.92 Å². The maximum Gasteiger partial charge on any atom is 0.534 e. The lowest BCUT2D eigenvalue weighted by molar-refractivity contribution is -0.151. The van der Waals surface area contributed by atoms with Crippen molar-refractivity contribution in [1.82, 2.24) is 0 Å². The van der Waals surface area contributed by atoms with Crippen LogP contribution in [0.25, 0.3) is 0 Å². The minimum absolute atomic E-state index is 0.0951. The lowest BCUT2D eigenvalue weighted by Crippen LogP contribution is -2.30. The smallest absolute Gasteiger partial charge is 0.466 e. The van der Waals surface area contributed by atoms with Crippen molar-refractivity contribution < 1.29 is 35.3 Å². The van der Waals surface area contributed by atoms with Crippen molar-refractivity contribution in [2.45, 2.75) is 31.2 Å². The Balaban J connectivity index is 1.96. The first kappa shape index (κ1) is 17.6. The van der Waals surface area contributed by atoms with Crippen LogP contribution in [-0.4, -0.2) is 26.5 Å². The van der Waals surface area contributed by atoms with Gasteiger partial charge in [0, 0.05) is 0 Å². The Bertz CT molecular complexity index is 661. The van der Waals surface area contributed by atoms with Crippen molar-refractivity contribution in [3.05, 3.63) is 29.8 Å². The molecule has 1 aliphatic carbocycles. The van der Waals surface area contributed by atoms with E-state index in [2.05, 4.69) is 4.18 Å². The Morgan fingerprint density at radius 1 is 1.22 bits per heavy atom. The SMILES string of the molecule is CCOC(=O)[C@H]1C[C@@H](c2ccc(OS(=O)(=O)C(F)(F)F)cc2)C1. The van der Waals surface area contributed by atoms with Gasteiger partial charge in [0.05, 0.1) is 12.5 Å². The van der Waals surface area contributed by atoms with Crippen LogP contribution < -0.4 is 4.18 Å². The number of ether oxygens (including phenoxy) is 1. The molecule has 0 atom stereocenters. The average molecular weight is 352 g/mol. The molecule has 1 aromatic rings. The van der Waals surface area contributed by atoms with Crippen molar-refractivity contribution in [2.75, 3.05) is 6.61 Å². The van der Waals surface area contributed by atoms with Gasteiger partial charge in [-0.25, -0.2) is 0 Å². The normalized spacial score (nSPS) is 21.4. The Labute approximate surface area is 131 Å². The highest BCUT2D eigenvalue weighted by molar-refractivity contribution is 7.87. The lowest BCUT2D eigenvalue weighted by Gasteiger charge is -2.33. The van der Waals surface area contributed by atoms with E-state index in [0.717, 1.165) is 17.7 Å². The molecule has 2 rings (SSSR count). The number of carbonyl (C=O) groups excluding carboxylic acids is 1. The van der Waals surface area contributed by atoms with Crippen molar-refractivity contribution >= 4 is 16.1 Å². The molecule has 0 radical (unpaired) electrons. The number of alkyl halides is 3. The van der Waals surface area contributed by atoms with Gasteiger partial charge in [0.1, 0.15) is 5.75 Å². The minimum atomic E-state index is -5.66. The topological polar surface area (TPSA) is 69.7 Å². The number of hydrogen-bond acceptors (Lipinski definition) is 5. The highest BCUT2D eigenvalue weighted by atomic mass is 32.2. The van der Waals surface area contributed by atoms with Crippen LogP contribution in [0.3, 0.4) is 0 Å². The van der Waals surface area contributed by atoms with Gasteiger partial charge < -0.3 is 8.92 Å². The monoisotopic (exact) mass is 352 g/mol. The van der Waals surface area contributed by atoms with Crippen LogP contribution in [0.15, 0.2) is 24.3 Å². The largest absolute Gasteiger partial charge is 0.534 e. The number of rotatable bonds is 5. The summed E-state index contributed by atoms with van der Waals surface area (Å²) < 4.78 is 67.3. The molecule has 5 nitrogen and oxygen atoms in total. The predicted molar refractivity (Wildman–Crippen MR) is 74.1 cm³/mol. The summed E-state index contributed by atoms with van der Waals surface area (Å²) in [4.78, 5) is 11.5. The Kier molecular flexibility index (Phi) is 4.88. The van der Waals surface area contributed by atoms with Crippen molar-refractivity contribution in [3.63, 3.8) is 0 Å².